The maximum atomic E-state index is 12.0. The Labute approximate surface area is 107 Å². The summed E-state index contributed by atoms with van der Waals surface area (Å²) in [5.74, 6) is 0. The molecule has 0 aliphatic carbocycles. The van der Waals surface area contributed by atoms with Gasteiger partial charge in [0.25, 0.3) is 0 Å². The van der Waals surface area contributed by atoms with E-state index in [0.29, 0.717) is 16.5 Å². The molecule has 0 aliphatic rings. The molecule has 2 rings (SSSR count). The first-order valence-electron chi connectivity index (χ1n) is 5.33. The first kappa shape index (κ1) is 12.3. The number of rotatable bonds is 3. The Morgan fingerprint density at radius 3 is 2.94 bits per heavy atom. The summed E-state index contributed by atoms with van der Waals surface area (Å²) in [6.45, 7) is 3.89. The van der Waals surface area contributed by atoms with Crippen LogP contribution in [0.5, 0.6) is 0 Å². The number of aromatic nitrogens is 3. The number of halogens is 1. The molecule has 0 aliphatic heterocycles. The zero-order chi connectivity index (χ0) is 12.6. The number of hydrogen-bond donors (Lipinski definition) is 2. The van der Waals surface area contributed by atoms with Crippen LogP contribution in [0.1, 0.15) is 20.3 Å². The molecule has 0 saturated carbocycles. The van der Waals surface area contributed by atoms with E-state index in [2.05, 4.69) is 25.9 Å². The summed E-state index contributed by atoms with van der Waals surface area (Å²) in [5, 5.41) is 9.07. The molecule has 5 nitrogen and oxygen atoms in total. The molecule has 17 heavy (non-hydrogen) atoms. The van der Waals surface area contributed by atoms with Crippen LogP contribution in [0, 0.1) is 0 Å². The Morgan fingerprint density at radius 1 is 1.59 bits per heavy atom. The van der Waals surface area contributed by atoms with E-state index in [1.165, 1.54) is 0 Å². The minimum atomic E-state index is -0.440. The van der Waals surface area contributed by atoms with Crippen molar-refractivity contribution < 1.29 is 5.11 Å². The van der Waals surface area contributed by atoms with E-state index in [9.17, 15) is 4.79 Å². The number of nitrogens with zero attached hydrogens (tertiary/aromatic N) is 2. The number of H-pyrrole nitrogens is 1. The van der Waals surface area contributed by atoms with Gasteiger partial charge in [0.1, 0.15) is 4.60 Å². The number of hydrogen-bond acceptors (Lipinski definition) is 3. The van der Waals surface area contributed by atoms with Gasteiger partial charge in [-0.05, 0) is 42.3 Å². The van der Waals surface area contributed by atoms with Crippen molar-refractivity contribution in [2.45, 2.75) is 25.8 Å². The summed E-state index contributed by atoms with van der Waals surface area (Å²) in [6, 6.07) is 1.80. The fourth-order valence-electron chi connectivity index (χ4n) is 1.97. The molecule has 0 fully saturated rings. The maximum Gasteiger partial charge on any atom is 0.327 e. The van der Waals surface area contributed by atoms with Crippen molar-refractivity contribution >= 4 is 27.0 Å². The van der Waals surface area contributed by atoms with Gasteiger partial charge in [-0.3, -0.25) is 4.57 Å². The molecule has 0 unspecified atom stereocenters. The normalized spacial score (nSPS) is 12.2. The second-order valence-corrected chi connectivity index (χ2v) is 5.39. The molecule has 0 radical (unpaired) electrons. The van der Waals surface area contributed by atoms with Crippen molar-refractivity contribution in [2.75, 3.05) is 6.61 Å². The quantitative estimate of drug-likeness (QED) is 0.846. The summed E-state index contributed by atoms with van der Waals surface area (Å²) in [6.07, 6.45) is 2.13. The molecule has 92 valence electrons. The van der Waals surface area contributed by atoms with E-state index in [4.69, 9.17) is 5.11 Å². The molecule has 0 saturated heterocycles. The van der Waals surface area contributed by atoms with Gasteiger partial charge in [-0.25, -0.2) is 9.78 Å². The predicted octanol–water partition coefficient (Wildman–Crippen LogP) is 1.60. The molecule has 2 N–H and O–H groups in total. The van der Waals surface area contributed by atoms with Gasteiger partial charge in [0.2, 0.25) is 0 Å². The van der Waals surface area contributed by atoms with Crippen molar-refractivity contribution in [1.29, 1.82) is 0 Å². The number of aliphatic hydroxyl groups is 1. The van der Waals surface area contributed by atoms with Crippen molar-refractivity contribution in [1.82, 2.24) is 14.5 Å². The highest BCUT2D eigenvalue weighted by Gasteiger charge is 2.24. The van der Waals surface area contributed by atoms with E-state index in [0.717, 1.165) is 5.52 Å². The van der Waals surface area contributed by atoms with Gasteiger partial charge in [-0.2, -0.15) is 0 Å². The zero-order valence-corrected chi connectivity index (χ0v) is 11.3. The van der Waals surface area contributed by atoms with Crippen molar-refractivity contribution in [3.63, 3.8) is 0 Å². The molecule has 2 heterocycles. The highest BCUT2D eigenvalue weighted by atomic mass is 79.9. The highest BCUT2D eigenvalue weighted by Crippen LogP contribution is 2.23. The maximum absolute atomic E-state index is 12.0. The Morgan fingerprint density at radius 2 is 2.29 bits per heavy atom. The standard InChI is InChI=1S/C11H14BrN3O2/c1-11(2,3-4-16)15-8-5-9(12)13-6-7(8)14-10(15)17/h5-6,16H,3-4H2,1-2H3,(H,14,17). The van der Waals surface area contributed by atoms with Crippen LogP contribution in [0.2, 0.25) is 0 Å². The molecular formula is C11H14BrN3O2. The second-order valence-electron chi connectivity index (χ2n) is 4.58. The summed E-state index contributed by atoms with van der Waals surface area (Å²) in [4.78, 5) is 18.8. The largest absolute Gasteiger partial charge is 0.396 e. The lowest BCUT2D eigenvalue weighted by Crippen LogP contribution is -2.35. The minimum Gasteiger partial charge on any atom is -0.396 e. The van der Waals surface area contributed by atoms with E-state index in [1.54, 1.807) is 16.8 Å². The fraction of sp³-hybridized carbons (Fsp3) is 0.455. The van der Waals surface area contributed by atoms with Gasteiger partial charge in [-0.15, -0.1) is 0 Å². The fourth-order valence-corrected chi connectivity index (χ4v) is 2.29. The lowest BCUT2D eigenvalue weighted by Gasteiger charge is -2.25. The van der Waals surface area contributed by atoms with Gasteiger partial charge in [-0.1, -0.05) is 0 Å². The molecule has 0 aromatic carbocycles. The lowest BCUT2D eigenvalue weighted by atomic mass is 10.0. The lowest BCUT2D eigenvalue weighted by molar-refractivity contribution is 0.213. The first-order valence-corrected chi connectivity index (χ1v) is 6.12. The van der Waals surface area contributed by atoms with Gasteiger partial charge in [0.15, 0.2) is 0 Å². The van der Waals surface area contributed by atoms with Crippen LogP contribution in [-0.4, -0.2) is 26.2 Å². The van der Waals surface area contributed by atoms with Gasteiger partial charge >= 0.3 is 5.69 Å². The second kappa shape index (κ2) is 4.27. The van der Waals surface area contributed by atoms with Crippen molar-refractivity contribution in [3.8, 4) is 0 Å². The van der Waals surface area contributed by atoms with Crippen molar-refractivity contribution in [2.24, 2.45) is 0 Å². The van der Waals surface area contributed by atoms with E-state index in [-0.39, 0.29) is 12.3 Å². The van der Waals surface area contributed by atoms with E-state index < -0.39 is 5.54 Å². The zero-order valence-electron chi connectivity index (χ0n) is 9.70. The summed E-state index contributed by atoms with van der Waals surface area (Å²) >= 11 is 3.29. The molecule has 0 spiro atoms. The molecule has 0 amide bonds. The number of pyridine rings is 1. The Hall–Kier alpha value is -1.14. The molecule has 6 heteroatoms. The monoisotopic (exact) mass is 299 g/mol. The topological polar surface area (TPSA) is 70.9 Å². The van der Waals surface area contributed by atoms with E-state index in [1.807, 2.05) is 13.8 Å². The number of fused-ring (bicyclic) bond motifs is 1. The smallest absolute Gasteiger partial charge is 0.327 e. The van der Waals surface area contributed by atoms with Crippen LogP contribution in [0.4, 0.5) is 0 Å². The molecule has 2 aromatic rings. The average Bonchev–Trinajstić information content (AvgIpc) is 2.53. The van der Waals surface area contributed by atoms with Crippen LogP contribution < -0.4 is 5.69 Å². The van der Waals surface area contributed by atoms with Crippen molar-refractivity contribution in [3.05, 3.63) is 27.4 Å². The third-order valence-electron chi connectivity index (χ3n) is 2.86. The predicted molar refractivity (Wildman–Crippen MR) is 69.1 cm³/mol. The van der Waals surface area contributed by atoms with Gasteiger partial charge in [0.05, 0.1) is 17.2 Å². The molecule has 0 bridgehead atoms. The number of imidazole rings is 1. The van der Waals surface area contributed by atoms with Crippen LogP contribution in [0.3, 0.4) is 0 Å². The number of nitrogens with one attached hydrogen (secondary N) is 1. The first-order chi connectivity index (χ1) is 7.95. The third kappa shape index (κ3) is 2.14. The molecular weight excluding hydrogens is 286 g/mol. The summed E-state index contributed by atoms with van der Waals surface area (Å²) in [5.41, 5.74) is 0.864. The average molecular weight is 300 g/mol. The van der Waals surface area contributed by atoms with Crippen LogP contribution in [0.15, 0.2) is 21.7 Å². The Balaban J connectivity index is 2.72. The summed E-state index contributed by atoms with van der Waals surface area (Å²) < 4.78 is 2.34. The minimum absolute atomic E-state index is 0.0400. The Bertz CT molecular complexity index is 600. The SMILES string of the molecule is CC(C)(CCO)n1c(=O)[nH]c2cnc(Br)cc21. The molecule has 0 atom stereocenters. The Kier molecular flexibility index (Phi) is 3.09. The molecule has 2 aromatic heterocycles. The van der Waals surface area contributed by atoms with Gasteiger partial charge < -0.3 is 10.1 Å². The highest BCUT2D eigenvalue weighted by molar-refractivity contribution is 9.10. The number of aromatic amines is 1. The summed E-state index contributed by atoms with van der Waals surface area (Å²) in [7, 11) is 0. The third-order valence-corrected chi connectivity index (χ3v) is 3.30. The van der Waals surface area contributed by atoms with Crippen LogP contribution in [-0.2, 0) is 5.54 Å². The van der Waals surface area contributed by atoms with E-state index >= 15 is 0 Å². The number of aliphatic hydroxyl groups excluding tert-OH is 1. The van der Waals surface area contributed by atoms with Gasteiger partial charge in [0, 0.05) is 12.1 Å². The van der Waals surface area contributed by atoms with Crippen LogP contribution >= 0.6 is 15.9 Å². The van der Waals surface area contributed by atoms with Crippen LogP contribution in [0.25, 0.3) is 11.0 Å².